The number of carbonyl (C=O) groups is 1. The fraction of sp³-hybridized carbons (Fsp3) is 0.235. The van der Waals surface area contributed by atoms with Crippen molar-refractivity contribution in [1.82, 2.24) is 0 Å². The molecule has 1 fully saturated rings. The van der Waals surface area contributed by atoms with Gasteiger partial charge in [-0.05, 0) is 48.9 Å². The van der Waals surface area contributed by atoms with Gasteiger partial charge in [0.2, 0.25) is 0 Å². The van der Waals surface area contributed by atoms with Gasteiger partial charge in [0.05, 0.1) is 21.7 Å². The Hall–Kier alpha value is -2.26. The number of rotatable bonds is 4. The predicted molar refractivity (Wildman–Crippen MR) is 95.0 cm³/mol. The van der Waals surface area contributed by atoms with Gasteiger partial charge in [-0.15, -0.1) is 0 Å². The number of halogens is 1. The van der Waals surface area contributed by atoms with Gasteiger partial charge >= 0.3 is 0 Å². The quantitative estimate of drug-likeness (QED) is 0.851. The fourth-order valence-electron chi connectivity index (χ4n) is 2.76. The summed E-state index contributed by atoms with van der Waals surface area (Å²) < 4.78 is 61.2. The van der Waals surface area contributed by atoms with Crippen LogP contribution in [0.4, 0.5) is 10.1 Å². The number of carbonyl (C=O) groups excluding carboxylic acids is 1. The third kappa shape index (κ3) is 3.94. The van der Waals surface area contributed by atoms with Crippen LogP contribution in [0.25, 0.3) is 0 Å². The molecule has 1 aliphatic rings. The summed E-state index contributed by atoms with van der Waals surface area (Å²) in [5, 5.41) is 1.56. The summed E-state index contributed by atoms with van der Waals surface area (Å²) in [5.41, 5.74) is 0.482. The van der Waals surface area contributed by atoms with Crippen LogP contribution in [-0.4, -0.2) is 39.5 Å². The summed E-state index contributed by atoms with van der Waals surface area (Å²) >= 11 is 0. The summed E-state index contributed by atoms with van der Waals surface area (Å²) in [6, 6.07) is 10.6. The zero-order valence-electron chi connectivity index (χ0n) is 13.6. The highest BCUT2D eigenvalue weighted by Gasteiger charge is 2.37. The van der Waals surface area contributed by atoms with E-state index in [0.717, 1.165) is 6.07 Å². The second-order valence-corrected chi connectivity index (χ2v) is 10.5. The molecule has 0 radical (unpaired) electrons. The third-order valence-electron chi connectivity index (χ3n) is 4.16. The average Bonchev–Trinajstić information content (AvgIpc) is 2.96. The average molecular weight is 397 g/mol. The number of sulfone groups is 2. The first-order valence-electron chi connectivity index (χ1n) is 7.79. The topological polar surface area (TPSA) is 97.4 Å². The minimum atomic E-state index is -3.78. The summed E-state index contributed by atoms with van der Waals surface area (Å²) in [5.74, 6) is -1.51. The molecule has 1 amide bonds. The van der Waals surface area contributed by atoms with Gasteiger partial charge in [0.25, 0.3) is 5.91 Å². The largest absolute Gasteiger partial charge is 0.322 e. The Morgan fingerprint density at radius 3 is 2.38 bits per heavy atom. The van der Waals surface area contributed by atoms with Crippen LogP contribution in [0, 0.1) is 5.82 Å². The molecule has 0 bridgehead atoms. The van der Waals surface area contributed by atoms with Crippen molar-refractivity contribution in [2.24, 2.45) is 0 Å². The zero-order chi connectivity index (χ0) is 18.9. The lowest BCUT2D eigenvalue weighted by Crippen LogP contribution is -2.22. The maximum absolute atomic E-state index is 13.1. The van der Waals surface area contributed by atoms with Crippen LogP contribution in [0.15, 0.2) is 53.4 Å². The molecule has 0 spiro atoms. The van der Waals surface area contributed by atoms with Gasteiger partial charge in [-0.3, -0.25) is 4.79 Å². The molecule has 9 heteroatoms. The standard InChI is InChI=1S/C17H16FNO5S2/c18-13-2-1-3-14(10-13)19-17(20)12-4-6-15(7-5-12)26(23,24)16-8-9-25(21,22)11-16/h1-7,10,16H,8-9,11H2,(H,19,20)/t16-/m1/s1. The minimum absolute atomic E-state index is 0.0260. The van der Waals surface area contributed by atoms with E-state index in [1.165, 1.54) is 42.5 Å². The Bertz CT molecular complexity index is 1050. The summed E-state index contributed by atoms with van der Waals surface area (Å²) in [6.45, 7) is 0. The van der Waals surface area contributed by atoms with Crippen LogP contribution in [0.2, 0.25) is 0 Å². The summed E-state index contributed by atoms with van der Waals surface area (Å²) in [4.78, 5) is 12.1. The molecule has 0 saturated carbocycles. The van der Waals surface area contributed by atoms with Crippen LogP contribution in [0.5, 0.6) is 0 Å². The van der Waals surface area contributed by atoms with Gasteiger partial charge in [0.15, 0.2) is 19.7 Å². The van der Waals surface area contributed by atoms with Crippen LogP contribution >= 0.6 is 0 Å². The van der Waals surface area contributed by atoms with Crippen molar-refractivity contribution in [2.45, 2.75) is 16.6 Å². The monoisotopic (exact) mass is 397 g/mol. The van der Waals surface area contributed by atoms with E-state index in [1.54, 1.807) is 0 Å². The molecule has 1 heterocycles. The van der Waals surface area contributed by atoms with Crippen molar-refractivity contribution in [3.05, 3.63) is 59.9 Å². The number of benzene rings is 2. The molecule has 0 unspecified atom stereocenters. The molecule has 138 valence electrons. The van der Waals surface area contributed by atoms with E-state index >= 15 is 0 Å². The van der Waals surface area contributed by atoms with E-state index in [-0.39, 0.29) is 34.1 Å². The van der Waals surface area contributed by atoms with Gasteiger partial charge < -0.3 is 5.32 Å². The minimum Gasteiger partial charge on any atom is -0.322 e. The first kappa shape index (κ1) is 18.5. The van der Waals surface area contributed by atoms with Gasteiger partial charge in [-0.2, -0.15) is 0 Å². The van der Waals surface area contributed by atoms with Crippen molar-refractivity contribution < 1.29 is 26.0 Å². The van der Waals surface area contributed by atoms with Crippen molar-refractivity contribution in [3.8, 4) is 0 Å². The normalized spacial score (nSPS) is 19.2. The van der Waals surface area contributed by atoms with E-state index in [2.05, 4.69) is 5.32 Å². The molecule has 3 rings (SSSR count). The second kappa shape index (κ2) is 6.81. The van der Waals surface area contributed by atoms with E-state index in [0.29, 0.717) is 0 Å². The smallest absolute Gasteiger partial charge is 0.255 e. The molecule has 6 nitrogen and oxygen atoms in total. The molecule has 1 aliphatic heterocycles. The lowest BCUT2D eigenvalue weighted by molar-refractivity contribution is 0.102. The molecule has 1 saturated heterocycles. The van der Waals surface area contributed by atoms with E-state index in [1.807, 2.05) is 0 Å². The lowest BCUT2D eigenvalue weighted by Gasteiger charge is -2.11. The Morgan fingerprint density at radius 1 is 1.12 bits per heavy atom. The van der Waals surface area contributed by atoms with Crippen LogP contribution < -0.4 is 5.32 Å². The third-order valence-corrected chi connectivity index (χ3v) is 8.35. The van der Waals surface area contributed by atoms with E-state index < -0.39 is 36.6 Å². The number of amides is 1. The summed E-state index contributed by atoms with van der Waals surface area (Å²) in [6.07, 6.45) is 0.0759. The van der Waals surface area contributed by atoms with E-state index in [4.69, 9.17) is 0 Å². The Morgan fingerprint density at radius 2 is 1.81 bits per heavy atom. The SMILES string of the molecule is O=C(Nc1cccc(F)c1)c1ccc(S(=O)(=O)[C@@H]2CCS(=O)(=O)C2)cc1. The van der Waals surface area contributed by atoms with Crippen LogP contribution in [0.1, 0.15) is 16.8 Å². The molecule has 0 aromatic heterocycles. The maximum atomic E-state index is 13.1. The van der Waals surface area contributed by atoms with Gasteiger partial charge in [-0.1, -0.05) is 6.07 Å². The Kier molecular flexibility index (Phi) is 4.85. The zero-order valence-corrected chi connectivity index (χ0v) is 15.2. The highest BCUT2D eigenvalue weighted by molar-refractivity contribution is 7.96. The van der Waals surface area contributed by atoms with Crippen molar-refractivity contribution >= 4 is 31.3 Å². The molecular weight excluding hydrogens is 381 g/mol. The number of nitrogens with one attached hydrogen (secondary N) is 1. The number of hydrogen-bond acceptors (Lipinski definition) is 5. The van der Waals surface area contributed by atoms with Gasteiger partial charge in [0, 0.05) is 11.3 Å². The molecule has 1 N–H and O–H groups in total. The Balaban J connectivity index is 1.77. The lowest BCUT2D eigenvalue weighted by atomic mass is 10.2. The van der Waals surface area contributed by atoms with Crippen molar-refractivity contribution in [3.63, 3.8) is 0 Å². The fourth-order valence-corrected chi connectivity index (χ4v) is 7.12. The number of hydrogen-bond donors (Lipinski definition) is 1. The van der Waals surface area contributed by atoms with Crippen LogP contribution in [0.3, 0.4) is 0 Å². The molecule has 0 aliphatic carbocycles. The first-order valence-corrected chi connectivity index (χ1v) is 11.2. The molecule has 1 atom stereocenters. The Labute approximate surface area is 150 Å². The predicted octanol–water partition coefficient (Wildman–Crippen LogP) is 2.04. The molecule has 2 aromatic rings. The summed E-state index contributed by atoms with van der Waals surface area (Å²) in [7, 11) is -7.10. The van der Waals surface area contributed by atoms with Gasteiger partial charge in [0.1, 0.15) is 5.82 Å². The van der Waals surface area contributed by atoms with Crippen molar-refractivity contribution in [1.29, 1.82) is 0 Å². The molecule has 26 heavy (non-hydrogen) atoms. The maximum Gasteiger partial charge on any atom is 0.255 e. The molecular formula is C17H16FNO5S2. The molecule has 2 aromatic carbocycles. The second-order valence-electron chi connectivity index (χ2n) is 6.06. The first-order chi connectivity index (χ1) is 12.2. The van der Waals surface area contributed by atoms with Gasteiger partial charge in [-0.25, -0.2) is 21.2 Å². The highest BCUT2D eigenvalue weighted by atomic mass is 32.2. The number of anilines is 1. The van der Waals surface area contributed by atoms with E-state index in [9.17, 15) is 26.0 Å². The highest BCUT2D eigenvalue weighted by Crippen LogP contribution is 2.25. The van der Waals surface area contributed by atoms with Crippen molar-refractivity contribution in [2.75, 3.05) is 16.8 Å². The van der Waals surface area contributed by atoms with Crippen LogP contribution in [-0.2, 0) is 19.7 Å².